The summed E-state index contributed by atoms with van der Waals surface area (Å²) in [4.78, 5) is 15.5. The van der Waals surface area contributed by atoms with E-state index in [0.717, 1.165) is 62.5 Å². The number of aromatic nitrogens is 3. The summed E-state index contributed by atoms with van der Waals surface area (Å²) >= 11 is 0. The molecule has 2 fully saturated rings. The van der Waals surface area contributed by atoms with Crippen molar-refractivity contribution in [2.45, 2.75) is 50.3 Å². The van der Waals surface area contributed by atoms with Gasteiger partial charge in [-0.05, 0) is 37.8 Å². The maximum atomic E-state index is 9.51. The molecule has 0 unspecified atom stereocenters. The second kappa shape index (κ2) is 7.55. The van der Waals surface area contributed by atoms with E-state index in [4.69, 9.17) is 5.73 Å². The van der Waals surface area contributed by atoms with Crippen molar-refractivity contribution in [3.63, 3.8) is 0 Å². The fourth-order valence-electron chi connectivity index (χ4n) is 3.76. The molecule has 1 saturated heterocycles. The number of anilines is 2. The molecule has 4 rings (SSSR count). The van der Waals surface area contributed by atoms with Crippen molar-refractivity contribution in [1.82, 2.24) is 19.9 Å². The molecule has 3 heterocycles. The summed E-state index contributed by atoms with van der Waals surface area (Å²) in [6, 6.07) is 8.45. The van der Waals surface area contributed by atoms with E-state index in [1.165, 1.54) is 0 Å². The van der Waals surface area contributed by atoms with E-state index < -0.39 is 0 Å². The van der Waals surface area contributed by atoms with Gasteiger partial charge in [0.25, 0.3) is 0 Å². The number of pyridine rings is 1. The summed E-state index contributed by atoms with van der Waals surface area (Å²) in [5.74, 6) is 1.41. The zero-order chi connectivity index (χ0) is 17.9. The first-order valence-electron chi connectivity index (χ1n) is 9.37. The molecule has 0 amide bonds. The molecule has 1 aliphatic heterocycles. The largest absolute Gasteiger partial charge is 0.393 e. The molecule has 0 aromatic carbocycles. The fraction of sp³-hybridized carbons (Fsp3) is 0.526. The Labute approximate surface area is 153 Å². The van der Waals surface area contributed by atoms with Crippen molar-refractivity contribution in [3.8, 4) is 0 Å². The van der Waals surface area contributed by atoms with Crippen LogP contribution >= 0.6 is 0 Å². The van der Waals surface area contributed by atoms with E-state index in [2.05, 4.69) is 31.2 Å². The number of hydrogen-bond acceptors (Lipinski definition) is 7. The Hall–Kier alpha value is -2.25. The van der Waals surface area contributed by atoms with Gasteiger partial charge in [-0.15, -0.1) is 0 Å². The molecule has 1 aliphatic carbocycles. The van der Waals surface area contributed by atoms with Gasteiger partial charge in [0.1, 0.15) is 5.82 Å². The third kappa shape index (κ3) is 4.11. The first kappa shape index (κ1) is 17.2. The monoisotopic (exact) mass is 354 g/mol. The van der Waals surface area contributed by atoms with Gasteiger partial charge in [-0.2, -0.15) is 4.98 Å². The highest BCUT2D eigenvalue weighted by molar-refractivity contribution is 5.42. The lowest BCUT2D eigenvalue weighted by Gasteiger charge is -2.33. The Morgan fingerprint density at radius 3 is 2.69 bits per heavy atom. The van der Waals surface area contributed by atoms with E-state index in [1.807, 2.05) is 24.4 Å². The smallest absolute Gasteiger partial charge is 0.222 e. The molecule has 2 aromatic rings. The highest BCUT2D eigenvalue weighted by Crippen LogP contribution is 2.36. The average molecular weight is 354 g/mol. The number of aliphatic hydroxyl groups is 1. The van der Waals surface area contributed by atoms with Crippen LogP contribution < -0.4 is 11.1 Å². The predicted octanol–water partition coefficient (Wildman–Crippen LogP) is 1.77. The van der Waals surface area contributed by atoms with Crippen LogP contribution in [0.2, 0.25) is 0 Å². The highest BCUT2D eigenvalue weighted by Gasteiger charge is 2.30. The van der Waals surface area contributed by atoms with Gasteiger partial charge in [0.05, 0.1) is 17.5 Å². The van der Waals surface area contributed by atoms with Crippen molar-refractivity contribution in [2.24, 2.45) is 0 Å². The van der Waals surface area contributed by atoms with Crippen LogP contribution in [0, 0.1) is 0 Å². The topological polar surface area (TPSA) is 100 Å². The van der Waals surface area contributed by atoms with Gasteiger partial charge in [-0.25, -0.2) is 4.98 Å². The SMILES string of the molecule is Nc1nc(NC2CCN(Cc3ccccn3)CC2)cc(C2CC(O)C2)n1. The molecule has 7 heteroatoms. The molecule has 4 N–H and O–H groups in total. The van der Waals surface area contributed by atoms with Crippen LogP contribution in [0.1, 0.15) is 43.0 Å². The van der Waals surface area contributed by atoms with E-state index in [1.54, 1.807) is 0 Å². The van der Waals surface area contributed by atoms with Crippen molar-refractivity contribution in [2.75, 3.05) is 24.1 Å². The summed E-state index contributed by atoms with van der Waals surface area (Å²) < 4.78 is 0. The molecular formula is C19H26N6O. The standard InChI is InChI=1S/C19H26N6O/c20-19-23-17(13-9-16(26)10-13)11-18(24-19)22-14-4-7-25(8-5-14)12-15-3-1-2-6-21-15/h1-3,6,11,13-14,16,26H,4-5,7-10,12H2,(H3,20,22,23,24). The Kier molecular flexibility index (Phi) is 4.99. The number of nitrogens with zero attached hydrogens (tertiary/aromatic N) is 4. The molecule has 138 valence electrons. The maximum absolute atomic E-state index is 9.51. The summed E-state index contributed by atoms with van der Waals surface area (Å²) in [6.45, 7) is 2.98. The summed E-state index contributed by atoms with van der Waals surface area (Å²) in [5, 5.41) is 13.0. The van der Waals surface area contributed by atoms with Crippen molar-refractivity contribution < 1.29 is 5.11 Å². The number of rotatable bonds is 5. The fourth-order valence-corrected chi connectivity index (χ4v) is 3.76. The number of likely N-dealkylation sites (tertiary alicyclic amines) is 1. The second-order valence-corrected chi connectivity index (χ2v) is 7.37. The summed E-state index contributed by atoms with van der Waals surface area (Å²) in [5.41, 5.74) is 7.95. The molecule has 0 atom stereocenters. The van der Waals surface area contributed by atoms with E-state index in [9.17, 15) is 5.11 Å². The average Bonchev–Trinajstić information content (AvgIpc) is 2.61. The van der Waals surface area contributed by atoms with Crippen LogP contribution in [0.3, 0.4) is 0 Å². The molecule has 0 spiro atoms. The van der Waals surface area contributed by atoms with Crippen molar-refractivity contribution >= 4 is 11.8 Å². The van der Waals surface area contributed by atoms with Crippen LogP contribution in [-0.2, 0) is 6.54 Å². The van der Waals surface area contributed by atoms with Gasteiger partial charge >= 0.3 is 0 Å². The van der Waals surface area contributed by atoms with Crippen molar-refractivity contribution in [1.29, 1.82) is 0 Å². The van der Waals surface area contributed by atoms with E-state index in [0.29, 0.717) is 17.9 Å². The maximum Gasteiger partial charge on any atom is 0.222 e. The molecule has 26 heavy (non-hydrogen) atoms. The van der Waals surface area contributed by atoms with Crippen LogP contribution in [0.15, 0.2) is 30.5 Å². The molecule has 2 aliphatic rings. The van der Waals surface area contributed by atoms with Crippen LogP contribution in [0.25, 0.3) is 0 Å². The highest BCUT2D eigenvalue weighted by atomic mass is 16.3. The summed E-state index contributed by atoms with van der Waals surface area (Å²) in [7, 11) is 0. The third-order valence-corrected chi connectivity index (χ3v) is 5.35. The Morgan fingerprint density at radius 1 is 1.19 bits per heavy atom. The molecule has 0 bridgehead atoms. The van der Waals surface area contributed by atoms with Gasteiger partial charge < -0.3 is 16.2 Å². The molecule has 1 saturated carbocycles. The van der Waals surface area contributed by atoms with E-state index in [-0.39, 0.29) is 6.10 Å². The van der Waals surface area contributed by atoms with Crippen LogP contribution in [0.4, 0.5) is 11.8 Å². The number of nitrogen functional groups attached to an aromatic ring is 1. The molecule has 2 aromatic heterocycles. The normalized spacial score (nSPS) is 24.2. The number of hydrogen-bond donors (Lipinski definition) is 3. The van der Waals surface area contributed by atoms with Gasteiger partial charge in [0.15, 0.2) is 0 Å². The van der Waals surface area contributed by atoms with Gasteiger partial charge in [-0.3, -0.25) is 9.88 Å². The molecule has 0 radical (unpaired) electrons. The quantitative estimate of drug-likeness (QED) is 0.752. The van der Waals surface area contributed by atoms with Crippen molar-refractivity contribution in [3.05, 3.63) is 41.9 Å². The minimum absolute atomic E-state index is 0.198. The first-order valence-corrected chi connectivity index (χ1v) is 9.37. The number of nitrogens with two attached hydrogens (primary N) is 1. The lowest BCUT2D eigenvalue weighted by Crippen LogP contribution is -2.39. The summed E-state index contributed by atoms with van der Waals surface area (Å²) in [6.07, 6.45) is 5.31. The number of piperidine rings is 1. The Balaban J connectivity index is 1.31. The molecular weight excluding hydrogens is 328 g/mol. The Bertz CT molecular complexity index is 726. The minimum Gasteiger partial charge on any atom is -0.393 e. The van der Waals surface area contributed by atoms with Crippen LogP contribution in [-0.4, -0.2) is 50.2 Å². The Morgan fingerprint density at radius 2 is 2.00 bits per heavy atom. The first-order chi connectivity index (χ1) is 12.7. The van der Waals surface area contributed by atoms with Crippen LogP contribution in [0.5, 0.6) is 0 Å². The number of aliphatic hydroxyl groups excluding tert-OH is 1. The lowest BCUT2D eigenvalue weighted by molar-refractivity contribution is 0.0732. The number of nitrogens with one attached hydrogen (secondary N) is 1. The minimum atomic E-state index is -0.198. The van der Waals surface area contributed by atoms with Gasteiger partial charge in [-0.1, -0.05) is 6.07 Å². The zero-order valence-electron chi connectivity index (χ0n) is 14.9. The van der Waals surface area contributed by atoms with E-state index >= 15 is 0 Å². The van der Waals surface area contributed by atoms with Gasteiger partial charge in [0.2, 0.25) is 5.95 Å². The predicted molar refractivity (Wildman–Crippen MR) is 101 cm³/mol. The molecule has 7 nitrogen and oxygen atoms in total. The second-order valence-electron chi connectivity index (χ2n) is 7.37. The third-order valence-electron chi connectivity index (χ3n) is 5.35. The zero-order valence-corrected chi connectivity index (χ0v) is 14.9. The van der Waals surface area contributed by atoms with Gasteiger partial charge in [0, 0.05) is 43.9 Å². The lowest BCUT2D eigenvalue weighted by atomic mass is 9.80.